The molecule has 0 atom stereocenters. The van der Waals surface area contributed by atoms with Crippen LogP contribution >= 0.6 is 0 Å². The average molecular weight is 263 g/mol. The predicted octanol–water partition coefficient (Wildman–Crippen LogP) is 4.30. The van der Waals surface area contributed by atoms with E-state index >= 15 is 0 Å². The molecule has 0 spiro atoms. The van der Waals surface area contributed by atoms with Crippen LogP contribution in [0.3, 0.4) is 0 Å². The van der Waals surface area contributed by atoms with Crippen molar-refractivity contribution in [3.05, 3.63) is 0 Å². The molecule has 0 aliphatic rings. The van der Waals surface area contributed by atoms with Crippen molar-refractivity contribution in [2.45, 2.75) is 58.3 Å². The molecule has 0 aromatic carbocycles. The van der Waals surface area contributed by atoms with Crippen molar-refractivity contribution in [2.24, 2.45) is 0 Å². The Kier molecular flexibility index (Phi) is 6.79. The summed E-state index contributed by atoms with van der Waals surface area (Å²) >= 11 is -1.44. The Hall–Kier alpha value is 0.799. The standard InChI is InChI=1S/2C4H9.2CH3.Sn/c2*1-3-4-2;;;/h2*1,3-4H2,2H3;2*1H3;. The maximum atomic E-state index is 2.61. The molecule has 0 radical (unpaired) electrons. The summed E-state index contributed by atoms with van der Waals surface area (Å²) in [5.74, 6) is 0. The van der Waals surface area contributed by atoms with E-state index in [4.69, 9.17) is 0 Å². The van der Waals surface area contributed by atoms with Crippen molar-refractivity contribution in [3.8, 4) is 0 Å². The van der Waals surface area contributed by atoms with Crippen molar-refractivity contribution in [1.82, 2.24) is 0 Å². The number of unbranched alkanes of at least 4 members (excludes halogenated alkanes) is 2. The first-order valence-electron chi connectivity index (χ1n) is 5.12. The number of hydrogen-bond acceptors (Lipinski definition) is 0. The summed E-state index contributed by atoms with van der Waals surface area (Å²) in [5, 5.41) is 0. The Balaban J connectivity index is 3.43. The van der Waals surface area contributed by atoms with Crippen LogP contribution in [0.2, 0.25) is 18.8 Å². The van der Waals surface area contributed by atoms with Gasteiger partial charge in [0, 0.05) is 0 Å². The normalized spacial score (nSPS) is 12.0. The minimum atomic E-state index is -1.44. The molecule has 0 N–H and O–H groups in total. The van der Waals surface area contributed by atoms with Gasteiger partial charge in [-0.2, -0.15) is 0 Å². The molecule has 0 unspecified atom stereocenters. The van der Waals surface area contributed by atoms with Gasteiger partial charge in [-0.1, -0.05) is 0 Å². The molecule has 0 nitrogen and oxygen atoms in total. The maximum absolute atomic E-state index is 2.61. The quantitative estimate of drug-likeness (QED) is 0.627. The summed E-state index contributed by atoms with van der Waals surface area (Å²) in [4.78, 5) is 5.22. The van der Waals surface area contributed by atoms with Crippen molar-refractivity contribution in [1.29, 1.82) is 0 Å². The zero-order chi connectivity index (χ0) is 8.74. The van der Waals surface area contributed by atoms with E-state index in [1.54, 1.807) is 8.87 Å². The Bertz CT molecular complexity index is 76.9. The van der Waals surface area contributed by atoms with E-state index in [1.807, 2.05) is 0 Å². The molecule has 0 aliphatic carbocycles. The predicted molar refractivity (Wildman–Crippen MR) is 56.9 cm³/mol. The van der Waals surface area contributed by atoms with Gasteiger partial charge in [0.1, 0.15) is 0 Å². The molecular formula is C10H24Sn. The Morgan fingerprint density at radius 3 is 1.45 bits per heavy atom. The van der Waals surface area contributed by atoms with Gasteiger partial charge < -0.3 is 0 Å². The van der Waals surface area contributed by atoms with Crippen LogP contribution in [-0.2, 0) is 0 Å². The van der Waals surface area contributed by atoms with E-state index in [0.717, 1.165) is 0 Å². The molecule has 0 aliphatic heterocycles. The van der Waals surface area contributed by atoms with Crippen LogP contribution in [0.5, 0.6) is 0 Å². The topological polar surface area (TPSA) is 0 Å². The van der Waals surface area contributed by atoms with E-state index in [-0.39, 0.29) is 0 Å². The fourth-order valence-corrected chi connectivity index (χ4v) is 9.63. The van der Waals surface area contributed by atoms with E-state index < -0.39 is 18.4 Å². The second-order valence-electron chi connectivity index (χ2n) is 4.37. The van der Waals surface area contributed by atoms with Crippen molar-refractivity contribution in [3.63, 3.8) is 0 Å². The van der Waals surface area contributed by atoms with Crippen LogP contribution < -0.4 is 0 Å². The Morgan fingerprint density at radius 2 is 1.18 bits per heavy atom. The van der Waals surface area contributed by atoms with Crippen LogP contribution in [-0.4, -0.2) is 18.4 Å². The molecule has 0 saturated carbocycles. The van der Waals surface area contributed by atoms with Crippen molar-refractivity contribution >= 4 is 18.4 Å². The summed E-state index contributed by atoms with van der Waals surface area (Å²) in [6.45, 7) is 4.61. The third-order valence-corrected chi connectivity index (χ3v) is 12.2. The Labute approximate surface area is 76.6 Å². The third-order valence-electron chi connectivity index (χ3n) is 2.41. The fraction of sp³-hybridized carbons (Fsp3) is 1.00. The molecule has 0 aromatic heterocycles. The molecule has 0 bridgehead atoms. The van der Waals surface area contributed by atoms with Crippen LogP contribution in [0.25, 0.3) is 0 Å². The van der Waals surface area contributed by atoms with Gasteiger partial charge >= 0.3 is 76.7 Å². The van der Waals surface area contributed by atoms with Gasteiger partial charge in [-0.15, -0.1) is 0 Å². The second-order valence-corrected chi connectivity index (χ2v) is 19.6. The van der Waals surface area contributed by atoms with E-state index in [1.165, 1.54) is 25.7 Å². The monoisotopic (exact) mass is 264 g/mol. The molecule has 0 fully saturated rings. The van der Waals surface area contributed by atoms with Crippen molar-refractivity contribution < 1.29 is 0 Å². The zero-order valence-corrected chi connectivity index (χ0v) is 11.6. The fourth-order valence-electron chi connectivity index (χ4n) is 1.44. The van der Waals surface area contributed by atoms with Gasteiger partial charge in [-0.3, -0.25) is 0 Å². The summed E-state index contributed by atoms with van der Waals surface area (Å²) in [6.07, 6.45) is 5.78. The van der Waals surface area contributed by atoms with Crippen LogP contribution in [0, 0.1) is 0 Å². The first-order chi connectivity index (χ1) is 5.12. The second kappa shape index (κ2) is 6.33. The van der Waals surface area contributed by atoms with Gasteiger partial charge in [0.15, 0.2) is 0 Å². The molecule has 11 heavy (non-hydrogen) atoms. The molecule has 1 heteroatoms. The van der Waals surface area contributed by atoms with Gasteiger partial charge in [-0.25, -0.2) is 0 Å². The number of rotatable bonds is 6. The first kappa shape index (κ1) is 11.8. The molecule has 0 aromatic rings. The van der Waals surface area contributed by atoms with Gasteiger partial charge in [0.2, 0.25) is 0 Å². The third kappa shape index (κ3) is 7.17. The van der Waals surface area contributed by atoms with Gasteiger partial charge in [0.05, 0.1) is 0 Å². The van der Waals surface area contributed by atoms with Crippen LogP contribution in [0.15, 0.2) is 0 Å². The SMILES string of the molecule is CCC[CH2][Sn]([CH3])([CH3])[CH2]CCC. The van der Waals surface area contributed by atoms with Crippen LogP contribution in [0.1, 0.15) is 39.5 Å². The van der Waals surface area contributed by atoms with Crippen molar-refractivity contribution in [2.75, 3.05) is 0 Å². The minimum absolute atomic E-state index is 1.40. The summed E-state index contributed by atoms with van der Waals surface area (Å²) < 4.78 is 3.23. The average Bonchev–Trinajstić information content (AvgIpc) is 1.97. The molecule has 68 valence electrons. The molecule has 0 saturated heterocycles. The van der Waals surface area contributed by atoms with E-state index in [9.17, 15) is 0 Å². The number of hydrogen-bond donors (Lipinski definition) is 0. The molecule has 0 heterocycles. The summed E-state index contributed by atoms with van der Waals surface area (Å²) in [7, 11) is 0. The molecule has 0 rings (SSSR count). The molecule has 0 amide bonds. The summed E-state index contributed by atoms with van der Waals surface area (Å²) in [5.41, 5.74) is 0. The summed E-state index contributed by atoms with van der Waals surface area (Å²) in [6, 6.07) is 0. The van der Waals surface area contributed by atoms with Gasteiger partial charge in [-0.05, 0) is 0 Å². The first-order valence-corrected chi connectivity index (χ1v) is 14.9. The Morgan fingerprint density at radius 1 is 0.818 bits per heavy atom. The molecular weight excluding hydrogens is 239 g/mol. The van der Waals surface area contributed by atoms with Gasteiger partial charge in [0.25, 0.3) is 0 Å². The van der Waals surface area contributed by atoms with E-state index in [0.29, 0.717) is 0 Å². The van der Waals surface area contributed by atoms with Crippen LogP contribution in [0.4, 0.5) is 0 Å². The zero-order valence-electron chi connectivity index (χ0n) is 8.74. The van der Waals surface area contributed by atoms with E-state index in [2.05, 4.69) is 23.7 Å².